The van der Waals surface area contributed by atoms with Gasteiger partial charge in [-0.15, -0.1) is 0 Å². The highest BCUT2D eigenvalue weighted by molar-refractivity contribution is 7.59. The van der Waals surface area contributed by atoms with Gasteiger partial charge in [0, 0.05) is 18.0 Å². The number of hydrogen-bond donors (Lipinski definition) is 3. The zero-order valence-corrected chi connectivity index (χ0v) is 19.5. The van der Waals surface area contributed by atoms with E-state index in [0.717, 1.165) is 5.52 Å². The summed E-state index contributed by atoms with van der Waals surface area (Å²) in [5.74, 6) is -1.85. The molecule has 2 aromatic carbocycles. The molecule has 0 saturated heterocycles. The van der Waals surface area contributed by atoms with Crippen molar-refractivity contribution in [3.63, 3.8) is 0 Å². The lowest BCUT2D eigenvalue weighted by atomic mass is 9.94. The van der Waals surface area contributed by atoms with Crippen LogP contribution in [0.25, 0.3) is 10.9 Å². The topological polar surface area (TPSA) is 91.6 Å². The second-order valence-corrected chi connectivity index (χ2v) is 7.84. The molecule has 0 aliphatic heterocycles. The molecule has 1 unspecified atom stereocenters. The Bertz CT molecular complexity index is 1100. The molecule has 166 valence electrons. The van der Waals surface area contributed by atoms with Gasteiger partial charge in [-0.3, -0.25) is 9.59 Å². The van der Waals surface area contributed by atoms with E-state index in [9.17, 15) is 19.8 Å². The third-order valence-corrected chi connectivity index (χ3v) is 6.10. The van der Waals surface area contributed by atoms with Gasteiger partial charge in [0.1, 0.15) is 5.69 Å². The number of aliphatic hydroxyl groups is 1. The molecule has 0 radical (unpaired) electrons. The number of carboxylic acid groups (broad SMARTS) is 1. The number of benzene rings is 2. The number of amides is 1. The SMILES string of the molecule is CCC(C(=O)O)c1ccc([C@@H](CO)NC(=O)c2cc3c(Cl)c(Cl)ccc3n2C)cc1.S. The fourth-order valence-electron chi connectivity index (χ4n) is 3.55. The lowest BCUT2D eigenvalue weighted by Gasteiger charge is -2.18. The molecule has 3 aromatic rings. The average molecular weight is 483 g/mol. The summed E-state index contributed by atoms with van der Waals surface area (Å²) in [6.07, 6.45) is 0.475. The van der Waals surface area contributed by atoms with Crippen LogP contribution in [0.2, 0.25) is 10.0 Å². The third kappa shape index (κ3) is 5.01. The van der Waals surface area contributed by atoms with Crippen LogP contribution in [0, 0.1) is 0 Å². The van der Waals surface area contributed by atoms with Gasteiger partial charge in [0.15, 0.2) is 0 Å². The summed E-state index contributed by atoms with van der Waals surface area (Å²) < 4.78 is 1.71. The number of nitrogens with zero attached hydrogens (tertiary/aromatic N) is 1. The van der Waals surface area contributed by atoms with Crippen molar-refractivity contribution in [2.24, 2.45) is 7.05 Å². The molecule has 1 heterocycles. The summed E-state index contributed by atoms with van der Waals surface area (Å²) in [5, 5.41) is 23.4. The molecular weight excluding hydrogens is 459 g/mol. The number of aromatic nitrogens is 1. The second kappa shape index (κ2) is 10.4. The molecule has 0 aliphatic carbocycles. The lowest BCUT2D eigenvalue weighted by molar-refractivity contribution is -0.138. The van der Waals surface area contributed by atoms with E-state index in [-0.39, 0.29) is 26.0 Å². The Labute approximate surface area is 197 Å². The predicted molar refractivity (Wildman–Crippen MR) is 128 cm³/mol. The van der Waals surface area contributed by atoms with Crippen LogP contribution in [0.5, 0.6) is 0 Å². The molecule has 3 N–H and O–H groups in total. The number of aliphatic carboxylic acids is 1. The van der Waals surface area contributed by atoms with Gasteiger partial charge < -0.3 is 20.1 Å². The zero-order valence-electron chi connectivity index (χ0n) is 17.0. The first kappa shape index (κ1) is 25.1. The van der Waals surface area contributed by atoms with Gasteiger partial charge in [0.05, 0.1) is 28.6 Å². The number of carboxylic acids is 1. The zero-order chi connectivity index (χ0) is 22.0. The van der Waals surface area contributed by atoms with E-state index in [1.165, 1.54) is 0 Å². The largest absolute Gasteiger partial charge is 0.481 e. The molecule has 31 heavy (non-hydrogen) atoms. The number of carbonyl (C=O) groups is 2. The van der Waals surface area contributed by atoms with Crippen molar-refractivity contribution in [2.45, 2.75) is 25.3 Å². The van der Waals surface area contributed by atoms with Crippen LogP contribution >= 0.6 is 36.7 Å². The predicted octanol–water partition coefficient (Wildman–Crippen LogP) is 4.64. The van der Waals surface area contributed by atoms with Crippen molar-refractivity contribution < 1.29 is 19.8 Å². The first-order valence-electron chi connectivity index (χ1n) is 9.46. The van der Waals surface area contributed by atoms with Gasteiger partial charge in [-0.2, -0.15) is 13.5 Å². The Hall–Kier alpha value is -2.19. The number of nitrogens with one attached hydrogen (secondary N) is 1. The summed E-state index contributed by atoms with van der Waals surface area (Å²) in [7, 11) is 1.75. The minimum absolute atomic E-state index is 0. The van der Waals surface area contributed by atoms with Crippen LogP contribution in [0.15, 0.2) is 42.5 Å². The van der Waals surface area contributed by atoms with Crippen molar-refractivity contribution in [1.29, 1.82) is 0 Å². The number of fused-ring (bicyclic) bond motifs is 1. The molecule has 9 heteroatoms. The van der Waals surface area contributed by atoms with Gasteiger partial charge in [-0.05, 0) is 35.7 Å². The summed E-state index contributed by atoms with van der Waals surface area (Å²) in [4.78, 5) is 24.2. The van der Waals surface area contributed by atoms with E-state index in [1.807, 2.05) is 6.92 Å². The van der Waals surface area contributed by atoms with Crippen molar-refractivity contribution in [2.75, 3.05) is 6.61 Å². The van der Waals surface area contributed by atoms with E-state index in [1.54, 1.807) is 54.1 Å². The van der Waals surface area contributed by atoms with Gasteiger partial charge >= 0.3 is 5.97 Å². The minimum Gasteiger partial charge on any atom is -0.481 e. The summed E-state index contributed by atoms with van der Waals surface area (Å²) in [6.45, 7) is 1.50. The average Bonchev–Trinajstić information content (AvgIpc) is 3.07. The van der Waals surface area contributed by atoms with Gasteiger partial charge in [-0.1, -0.05) is 54.4 Å². The maximum absolute atomic E-state index is 12.9. The lowest BCUT2D eigenvalue weighted by Crippen LogP contribution is -2.32. The standard InChI is InChI=1S/C22H22Cl2N2O4.H2S/c1-3-14(22(29)30)12-4-6-13(7-5-12)17(11-27)25-21(28)19-10-15-18(26(19)2)9-8-16(23)20(15)24;/h4-10,14,17,27H,3,11H2,1-2H3,(H,25,28)(H,29,30);1H2/t14?,17-;/m1./s1. The number of aliphatic hydroxyl groups excluding tert-OH is 1. The fourth-order valence-corrected chi connectivity index (χ4v) is 3.93. The Morgan fingerprint density at radius 3 is 2.26 bits per heavy atom. The van der Waals surface area contributed by atoms with Crippen molar-refractivity contribution in [1.82, 2.24) is 9.88 Å². The van der Waals surface area contributed by atoms with E-state index >= 15 is 0 Å². The Kier molecular flexibility index (Phi) is 8.42. The summed E-state index contributed by atoms with van der Waals surface area (Å²) in [6, 6.07) is 11.3. The molecule has 0 fully saturated rings. The molecule has 3 rings (SSSR count). The van der Waals surface area contributed by atoms with Crippen LogP contribution in [0.3, 0.4) is 0 Å². The number of aryl methyl sites for hydroxylation is 1. The van der Waals surface area contributed by atoms with Crippen LogP contribution in [-0.2, 0) is 11.8 Å². The molecule has 0 spiro atoms. The van der Waals surface area contributed by atoms with Gasteiger partial charge in [-0.25, -0.2) is 0 Å². The Balaban J connectivity index is 0.00000341. The molecule has 1 aromatic heterocycles. The summed E-state index contributed by atoms with van der Waals surface area (Å²) >= 11 is 12.3. The van der Waals surface area contributed by atoms with Crippen molar-refractivity contribution >= 4 is 59.5 Å². The first-order valence-corrected chi connectivity index (χ1v) is 10.2. The molecule has 0 saturated carbocycles. The molecule has 0 bridgehead atoms. The minimum atomic E-state index is -0.883. The van der Waals surface area contributed by atoms with E-state index in [2.05, 4.69) is 5.32 Å². The quantitative estimate of drug-likeness (QED) is 0.457. The monoisotopic (exact) mass is 482 g/mol. The molecule has 0 aliphatic rings. The van der Waals surface area contributed by atoms with Crippen LogP contribution in [-0.4, -0.2) is 33.3 Å². The highest BCUT2D eigenvalue weighted by Crippen LogP contribution is 2.32. The number of halogens is 2. The van der Waals surface area contributed by atoms with E-state index in [0.29, 0.717) is 38.7 Å². The Morgan fingerprint density at radius 1 is 1.10 bits per heavy atom. The molecule has 6 nitrogen and oxygen atoms in total. The highest BCUT2D eigenvalue weighted by Gasteiger charge is 2.21. The van der Waals surface area contributed by atoms with Gasteiger partial charge in [0.2, 0.25) is 0 Å². The summed E-state index contributed by atoms with van der Waals surface area (Å²) in [5.41, 5.74) is 2.49. The maximum Gasteiger partial charge on any atom is 0.310 e. The fraction of sp³-hybridized carbons (Fsp3) is 0.273. The van der Waals surface area contributed by atoms with Gasteiger partial charge in [0.25, 0.3) is 5.91 Å². The number of hydrogen-bond acceptors (Lipinski definition) is 3. The van der Waals surface area contributed by atoms with E-state index < -0.39 is 17.9 Å². The Morgan fingerprint density at radius 2 is 1.71 bits per heavy atom. The first-order chi connectivity index (χ1) is 14.3. The molecule has 1 amide bonds. The molecular formula is C22H24Cl2N2O4S. The molecule has 2 atom stereocenters. The third-order valence-electron chi connectivity index (χ3n) is 5.28. The van der Waals surface area contributed by atoms with E-state index in [4.69, 9.17) is 23.2 Å². The van der Waals surface area contributed by atoms with Crippen molar-refractivity contribution in [3.05, 3.63) is 69.3 Å². The number of rotatable bonds is 7. The van der Waals surface area contributed by atoms with Crippen LogP contribution < -0.4 is 5.32 Å². The van der Waals surface area contributed by atoms with Crippen molar-refractivity contribution in [3.8, 4) is 0 Å². The van der Waals surface area contributed by atoms with Crippen LogP contribution in [0.1, 0.15) is 46.9 Å². The smallest absolute Gasteiger partial charge is 0.310 e. The second-order valence-electron chi connectivity index (χ2n) is 7.06. The number of carbonyl (C=O) groups excluding carboxylic acids is 1. The normalized spacial score (nSPS) is 12.8. The maximum atomic E-state index is 12.9. The highest BCUT2D eigenvalue weighted by atomic mass is 35.5. The van der Waals surface area contributed by atoms with Crippen LogP contribution in [0.4, 0.5) is 0 Å².